The third kappa shape index (κ3) is 5.23. The van der Waals surface area contributed by atoms with Gasteiger partial charge in [0.25, 0.3) is 0 Å². The van der Waals surface area contributed by atoms with E-state index in [9.17, 15) is 9.59 Å². The van der Waals surface area contributed by atoms with Crippen molar-refractivity contribution in [2.24, 2.45) is 0 Å². The molecule has 0 fully saturated rings. The summed E-state index contributed by atoms with van der Waals surface area (Å²) < 4.78 is 0. The smallest absolute Gasteiger partial charge is 0.242 e. The van der Waals surface area contributed by atoms with Gasteiger partial charge in [0.15, 0.2) is 0 Å². The number of carbonyl (C=O) groups is 2. The van der Waals surface area contributed by atoms with Crippen molar-refractivity contribution in [3.8, 4) is 0 Å². The van der Waals surface area contributed by atoms with Gasteiger partial charge in [-0.2, -0.15) is 0 Å². The van der Waals surface area contributed by atoms with Crippen LogP contribution in [0, 0.1) is 0 Å². The molecule has 0 aliphatic rings. The predicted octanol–water partition coefficient (Wildman–Crippen LogP) is 4.09. The van der Waals surface area contributed by atoms with Gasteiger partial charge in [-0.25, -0.2) is 0 Å². The molecule has 0 aliphatic carbocycles. The van der Waals surface area contributed by atoms with Gasteiger partial charge in [0, 0.05) is 28.7 Å². The number of benzene rings is 2. The Bertz CT molecular complexity index is 745. The summed E-state index contributed by atoms with van der Waals surface area (Å²) in [5, 5.41) is 3.70. The molecule has 0 unspecified atom stereocenters. The van der Waals surface area contributed by atoms with Gasteiger partial charge in [0.1, 0.15) is 6.04 Å². The lowest BCUT2D eigenvalue weighted by Crippen LogP contribution is -2.48. The van der Waals surface area contributed by atoms with E-state index in [1.807, 2.05) is 37.3 Å². The van der Waals surface area contributed by atoms with Crippen LogP contribution in [-0.4, -0.2) is 29.3 Å². The van der Waals surface area contributed by atoms with Crippen LogP contribution in [0.2, 0.25) is 10.0 Å². The van der Waals surface area contributed by atoms with Crippen molar-refractivity contribution in [1.82, 2.24) is 10.2 Å². The van der Waals surface area contributed by atoms with Crippen LogP contribution in [0.25, 0.3) is 0 Å². The Morgan fingerprint density at radius 2 is 1.65 bits per heavy atom. The first-order valence-electron chi connectivity index (χ1n) is 8.48. The van der Waals surface area contributed by atoms with Gasteiger partial charge in [0.2, 0.25) is 11.8 Å². The van der Waals surface area contributed by atoms with E-state index in [-0.39, 0.29) is 24.8 Å². The zero-order valence-electron chi connectivity index (χ0n) is 14.8. The van der Waals surface area contributed by atoms with Crippen LogP contribution in [0.4, 0.5) is 0 Å². The SMILES string of the molecule is CCNC(=O)[C@H](C)N(Cc1c(Cl)cccc1Cl)C(=O)Cc1ccccc1. The average molecular weight is 393 g/mol. The highest BCUT2D eigenvalue weighted by molar-refractivity contribution is 6.36. The molecule has 6 heteroatoms. The van der Waals surface area contributed by atoms with Crippen LogP contribution in [-0.2, 0) is 22.6 Å². The molecule has 1 N–H and O–H groups in total. The summed E-state index contributed by atoms with van der Waals surface area (Å²) in [5.74, 6) is -0.372. The quantitative estimate of drug-likeness (QED) is 0.771. The van der Waals surface area contributed by atoms with E-state index >= 15 is 0 Å². The number of hydrogen-bond acceptors (Lipinski definition) is 2. The summed E-state index contributed by atoms with van der Waals surface area (Å²) in [6, 6.07) is 14.0. The van der Waals surface area contributed by atoms with Crippen LogP contribution in [0.15, 0.2) is 48.5 Å². The molecule has 1 atom stereocenters. The number of halogens is 2. The highest BCUT2D eigenvalue weighted by Gasteiger charge is 2.27. The van der Waals surface area contributed by atoms with E-state index in [2.05, 4.69) is 5.32 Å². The highest BCUT2D eigenvalue weighted by atomic mass is 35.5. The first-order chi connectivity index (χ1) is 12.4. The molecule has 2 aromatic rings. The largest absolute Gasteiger partial charge is 0.355 e. The van der Waals surface area contributed by atoms with Crippen molar-refractivity contribution in [3.63, 3.8) is 0 Å². The molecule has 0 heterocycles. The van der Waals surface area contributed by atoms with E-state index in [0.717, 1.165) is 5.56 Å². The maximum absolute atomic E-state index is 12.9. The van der Waals surface area contributed by atoms with Gasteiger partial charge in [0.05, 0.1) is 6.42 Å². The van der Waals surface area contributed by atoms with Crippen LogP contribution < -0.4 is 5.32 Å². The zero-order chi connectivity index (χ0) is 19.1. The average Bonchev–Trinajstić information content (AvgIpc) is 2.62. The fourth-order valence-electron chi connectivity index (χ4n) is 2.63. The Labute approximate surface area is 164 Å². The Morgan fingerprint density at radius 1 is 1.04 bits per heavy atom. The maximum Gasteiger partial charge on any atom is 0.242 e. The minimum Gasteiger partial charge on any atom is -0.355 e. The van der Waals surface area contributed by atoms with E-state index in [1.54, 1.807) is 25.1 Å². The molecule has 0 bridgehead atoms. The number of hydrogen-bond donors (Lipinski definition) is 1. The number of nitrogens with zero attached hydrogens (tertiary/aromatic N) is 1. The third-order valence-corrected chi connectivity index (χ3v) is 4.81. The fourth-order valence-corrected chi connectivity index (χ4v) is 3.15. The summed E-state index contributed by atoms with van der Waals surface area (Å²) in [6.07, 6.45) is 0.201. The van der Waals surface area contributed by atoms with Crippen LogP contribution in [0.5, 0.6) is 0 Å². The standard InChI is InChI=1S/C20H22Cl2N2O2/c1-3-23-20(26)14(2)24(13-16-17(21)10-7-11-18(16)22)19(25)12-15-8-5-4-6-9-15/h4-11,14H,3,12-13H2,1-2H3,(H,23,26)/t14-/m0/s1. The lowest BCUT2D eigenvalue weighted by atomic mass is 10.1. The van der Waals surface area contributed by atoms with Gasteiger partial charge >= 0.3 is 0 Å². The normalized spacial score (nSPS) is 11.7. The van der Waals surface area contributed by atoms with E-state index in [0.29, 0.717) is 22.2 Å². The molecule has 2 rings (SSSR count). The summed E-state index contributed by atoms with van der Waals surface area (Å²) in [5.41, 5.74) is 1.52. The number of rotatable bonds is 7. The van der Waals surface area contributed by atoms with Gasteiger partial charge in [-0.1, -0.05) is 59.6 Å². The summed E-state index contributed by atoms with van der Waals surface area (Å²) >= 11 is 12.5. The first-order valence-corrected chi connectivity index (χ1v) is 9.23. The van der Waals surface area contributed by atoms with Gasteiger partial charge in [-0.05, 0) is 31.5 Å². The zero-order valence-corrected chi connectivity index (χ0v) is 16.3. The molecular weight excluding hydrogens is 371 g/mol. The van der Waals surface area contributed by atoms with E-state index < -0.39 is 6.04 Å². The molecule has 138 valence electrons. The van der Waals surface area contributed by atoms with Crippen molar-refractivity contribution in [2.45, 2.75) is 32.9 Å². The first kappa shape index (κ1) is 20.3. The van der Waals surface area contributed by atoms with Crippen molar-refractivity contribution >= 4 is 35.0 Å². The summed E-state index contributed by atoms with van der Waals surface area (Å²) in [4.78, 5) is 26.8. The molecule has 0 aliphatic heterocycles. The molecule has 0 saturated heterocycles. The molecule has 0 aromatic heterocycles. The summed E-state index contributed by atoms with van der Waals surface area (Å²) in [6.45, 7) is 4.21. The molecule has 0 radical (unpaired) electrons. The van der Waals surface area contributed by atoms with Crippen molar-refractivity contribution < 1.29 is 9.59 Å². The third-order valence-electron chi connectivity index (χ3n) is 4.11. The van der Waals surface area contributed by atoms with Crippen LogP contribution >= 0.6 is 23.2 Å². The molecule has 2 aromatic carbocycles. The number of nitrogens with one attached hydrogen (secondary N) is 1. The monoisotopic (exact) mass is 392 g/mol. The second-order valence-electron chi connectivity index (χ2n) is 5.95. The lowest BCUT2D eigenvalue weighted by Gasteiger charge is -2.29. The van der Waals surface area contributed by atoms with E-state index in [1.165, 1.54) is 4.90 Å². The minimum absolute atomic E-state index is 0.161. The van der Waals surface area contributed by atoms with Crippen LogP contribution in [0.1, 0.15) is 25.0 Å². The molecule has 2 amide bonds. The topological polar surface area (TPSA) is 49.4 Å². The van der Waals surface area contributed by atoms with Gasteiger partial charge in [-0.15, -0.1) is 0 Å². The Kier molecular flexibility index (Phi) is 7.49. The molecular formula is C20H22Cl2N2O2. The van der Waals surface area contributed by atoms with Gasteiger partial charge < -0.3 is 10.2 Å². The molecule has 4 nitrogen and oxygen atoms in total. The molecule has 0 saturated carbocycles. The Balaban J connectivity index is 2.29. The second-order valence-corrected chi connectivity index (χ2v) is 6.77. The highest BCUT2D eigenvalue weighted by Crippen LogP contribution is 2.26. The number of carbonyl (C=O) groups excluding carboxylic acids is 2. The lowest BCUT2D eigenvalue weighted by molar-refractivity contribution is -0.140. The maximum atomic E-state index is 12.9. The fraction of sp³-hybridized carbons (Fsp3) is 0.300. The van der Waals surface area contributed by atoms with Gasteiger partial charge in [-0.3, -0.25) is 9.59 Å². The van der Waals surface area contributed by atoms with Crippen molar-refractivity contribution in [2.75, 3.05) is 6.54 Å². The van der Waals surface area contributed by atoms with E-state index in [4.69, 9.17) is 23.2 Å². The molecule has 0 spiro atoms. The number of likely N-dealkylation sites (N-methyl/N-ethyl adjacent to an activating group) is 1. The van der Waals surface area contributed by atoms with Crippen molar-refractivity contribution in [3.05, 3.63) is 69.7 Å². The predicted molar refractivity (Wildman–Crippen MR) is 105 cm³/mol. The Morgan fingerprint density at radius 3 is 2.23 bits per heavy atom. The van der Waals surface area contributed by atoms with Crippen molar-refractivity contribution in [1.29, 1.82) is 0 Å². The minimum atomic E-state index is -0.640. The molecule has 26 heavy (non-hydrogen) atoms. The Hall–Kier alpha value is -2.04. The van der Waals surface area contributed by atoms with Crippen LogP contribution in [0.3, 0.4) is 0 Å². The second kappa shape index (κ2) is 9.60. The summed E-state index contributed by atoms with van der Waals surface area (Å²) in [7, 11) is 0. The number of amides is 2.